The van der Waals surface area contributed by atoms with Gasteiger partial charge in [-0.25, -0.2) is 13.6 Å². The maximum atomic E-state index is 12.4. The molecule has 152 valence electrons. The van der Waals surface area contributed by atoms with Gasteiger partial charge in [-0.05, 0) is 30.3 Å². The average molecular weight is 413 g/mol. The summed E-state index contributed by atoms with van der Waals surface area (Å²) in [7, 11) is -0.265. The molecule has 0 atom stereocenters. The van der Waals surface area contributed by atoms with Gasteiger partial charge in [-0.1, -0.05) is 30.3 Å². The fraction of sp³-hybridized carbons (Fsp3) is 0.190. The molecule has 2 aromatic carbocycles. The van der Waals surface area contributed by atoms with E-state index < -0.39 is 10.0 Å². The van der Waals surface area contributed by atoms with Crippen molar-refractivity contribution in [3.05, 3.63) is 66.4 Å². The third-order valence-electron chi connectivity index (χ3n) is 4.37. The molecule has 0 fully saturated rings. The van der Waals surface area contributed by atoms with E-state index in [1.54, 1.807) is 25.1 Å². The quantitative estimate of drug-likeness (QED) is 0.619. The number of amides is 1. The van der Waals surface area contributed by atoms with Crippen LogP contribution in [-0.4, -0.2) is 28.4 Å². The molecule has 1 amide bonds. The Morgan fingerprint density at radius 3 is 2.45 bits per heavy atom. The summed E-state index contributed by atoms with van der Waals surface area (Å²) in [6.45, 7) is 0. The minimum absolute atomic E-state index is 0.0584. The zero-order chi connectivity index (χ0) is 21.0. The molecule has 0 aliphatic carbocycles. The van der Waals surface area contributed by atoms with Crippen molar-refractivity contribution in [3.63, 3.8) is 0 Å². The highest BCUT2D eigenvalue weighted by Crippen LogP contribution is 2.28. The molecule has 0 saturated carbocycles. The van der Waals surface area contributed by atoms with Crippen molar-refractivity contribution in [1.82, 2.24) is 0 Å². The first-order valence-electron chi connectivity index (χ1n) is 9.02. The van der Waals surface area contributed by atoms with Crippen molar-refractivity contribution in [1.29, 1.82) is 0 Å². The SMILES string of the molecule is CN(C)c1ccc(S(N)(=O)=O)cc1NC(=O)CCc1ccc(-c2ccccc2)o1. The van der Waals surface area contributed by atoms with E-state index in [0.29, 0.717) is 23.6 Å². The van der Waals surface area contributed by atoms with Crippen LogP contribution < -0.4 is 15.4 Å². The molecule has 29 heavy (non-hydrogen) atoms. The van der Waals surface area contributed by atoms with Crippen LogP contribution in [0.2, 0.25) is 0 Å². The summed E-state index contributed by atoms with van der Waals surface area (Å²) < 4.78 is 29.1. The van der Waals surface area contributed by atoms with E-state index in [9.17, 15) is 13.2 Å². The average Bonchev–Trinajstić information content (AvgIpc) is 3.15. The van der Waals surface area contributed by atoms with E-state index in [4.69, 9.17) is 9.56 Å². The number of nitrogens with two attached hydrogens (primary N) is 1. The predicted molar refractivity (Wildman–Crippen MR) is 113 cm³/mol. The zero-order valence-electron chi connectivity index (χ0n) is 16.3. The van der Waals surface area contributed by atoms with E-state index in [0.717, 1.165) is 11.3 Å². The second-order valence-corrected chi connectivity index (χ2v) is 8.36. The fourth-order valence-corrected chi connectivity index (χ4v) is 3.44. The number of carbonyl (C=O) groups excluding carboxylic acids is 1. The van der Waals surface area contributed by atoms with E-state index in [1.807, 2.05) is 42.5 Å². The van der Waals surface area contributed by atoms with Gasteiger partial charge in [0.05, 0.1) is 16.3 Å². The van der Waals surface area contributed by atoms with Crippen LogP contribution >= 0.6 is 0 Å². The Morgan fingerprint density at radius 1 is 1.07 bits per heavy atom. The summed E-state index contributed by atoms with van der Waals surface area (Å²) >= 11 is 0. The van der Waals surface area contributed by atoms with Crippen molar-refractivity contribution in [2.24, 2.45) is 5.14 Å². The van der Waals surface area contributed by atoms with Crippen molar-refractivity contribution in [2.45, 2.75) is 17.7 Å². The Morgan fingerprint density at radius 2 is 1.79 bits per heavy atom. The molecular formula is C21H23N3O4S. The largest absolute Gasteiger partial charge is 0.461 e. The number of nitrogens with zero attached hydrogens (tertiary/aromatic N) is 1. The Hall–Kier alpha value is -3.10. The van der Waals surface area contributed by atoms with E-state index in [1.165, 1.54) is 12.1 Å². The van der Waals surface area contributed by atoms with Gasteiger partial charge in [-0.3, -0.25) is 4.79 Å². The van der Waals surface area contributed by atoms with Crippen LogP contribution in [0.1, 0.15) is 12.2 Å². The molecular weight excluding hydrogens is 390 g/mol. The smallest absolute Gasteiger partial charge is 0.238 e. The lowest BCUT2D eigenvalue weighted by Crippen LogP contribution is -2.19. The number of nitrogens with one attached hydrogen (secondary N) is 1. The van der Waals surface area contributed by atoms with Crippen LogP contribution in [0.25, 0.3) is 11.3 Å². The number of rotatable bonds is 7. The minimum atomic E-state index is -3.87. The topological polar surface area (TPSA) is 106 Å². The Balaban J connectivity index is 1.69. The molecule has 0 aliphatic rings. The molecule has 0 aliphatic heterocycles. The summed E-state index contributed by atoms with van der Waals surface area (Å²) in [5.41, 5.74) is 2.03. The van der Waals surface area contributed by atoms with Gasteiger partial charge >= 0.3 is 0 Å². The molecule has 1 heterocycles. The second-order valence-electron chi connectivity index (χ2n) is 6.80. The molecule has 0 bridgehead atoms. The van der Waals surface area contributed by atoms with E-state index in [-0.39, 0.29) is 17.2 Å². The molecule has 3 aromatic rings. The summed E-state index contributed by atoms with van der Waals surface area (Å²) in [6, 6.07) is 17.8. The fourth-order valence-electron chi connectivity index (χ4n) is 2.90. The number of anilines is 2. The molecule has 0 radical (unpaired) electrons. The van der Waals surface area contributed by atoms with Crippen molar-refractivity contribution < 1.29 is 17.6 Å². The first kappa shape index (κ1) is 20.6. The van der Waals surface area contributed by atoms with Crippen molar-refractivity contribution in [2.75, 3.05) is 24.3 Å². The lowest BCUT2D eigenvalue weighted by Gasteiger charge is -2.18. The third-order valence-corrected chi connectivity index (χ3v) is 5.28. The van der Waals surface area contributed by atoms with Crippen LogP contribution in [0.4, 0.5) is 11.4 Å². The van der Waals surface area contributed by atoms with Crippen molar-refractivity contribution >= 4 is 27.3 Å². The number of primary sulfonamides is 1. The van der Waals surface area contributed by atoms with Gasteiger partial charge in [-0.2, -0.15) is 0 Å². The maximum Gasteiger partial charge on any atom is 0.238 e. The van der Waals surface area contributed by atoms with Crippen LogP contribution in [0.5, 0.6) is 0 Å². The standard InChI is InChI=1S/C21H23N3O4S/c1-24(2)19-11-10-17(29(22,26)27)14-18(19)23-21(25)13-9-16-8-12-20(28-16)15-6-4-3-5-7-15/h3-8,10-12,14H,9,13H2,1-2H3,(H,23,25)(H2,22,26,27). The van der Waals surface area contributed by atoms with Gasteiger partial charge in [0.1, 0.15) is 11.5 Å². The van der Waals surface area contributed by atoms with Crippen molar-refractivity contribution in [3.8, 4) is 11.3 Å². The summed E-state index contributed by atoms with van der Waals surface area (Å²) in [5, 5.41) is 7.97. The molecule has 3 N–H and O–H groups in total. The number of aryl methyl sites for hydroxylation is 1. The van der Waals surface area contributed by atoms with Crippen LogP contribution in [0.3, 0.4) is 0 Å². The molecule has 0 unspecified atom stereocenters. The maximum absolute atomic E-state index is 12.4. The number of carbonyl (C=O) groups is 1. The highest BCUT2D eigenvalue weighted by Gasteiger charge is 2.15. The zero-order valence-corrected chi connectivity index (χ0v) is 17.1. The third kappa shape index (κ3) is 5.24. The monoisotopic (exact) mass is 413 g/mol. The number of benzene rings is 2. The molecule has 1 aromatic heterocycles. The van der Waals surface area contributed by atoms with Gasteiger partial charge in [0.15, 0.2) is 0 Å². The molecule has 0 spiro atoms. The number of hydrogen-bond acceptors (Lipinski definition) is 5. The molecule has 0 saturated heterocycles. The highest BCUT2D eigenvalue weighted by molar-refractivity contribution is 7.89. The minimum Gasteiger partial charge on any atom is -0.461 e. The van der Waals surface area contributed by atoms with Gasteiger partial charge in [0.2, 0.25) is 15.9 Å². The lowest BCUT2D eigenvalue weighted by molar-refractivity contribution is -0.116. The second kappa shape index (κ2) is 8.50. The van der Waals surface area contributed by atoms with E-state index >= 15 is 0 Å². The predicted octanol–water partition coefficient (Wildman–Crippen LogP) is 3.23. The first-order valence-corrected chi connectivity index (χ1v) is 10.6. The van der Waals surface area contributed by atoms with Crippen LogP contribution in [0, 0.1) is 0 Å². The Kier molecular flexibility index (Phi) is 6.05. The molecule has 7 nitrogen and oxygen atoms in total. The lowest BCUT2D eigenvalue weighted by atomic mass is 10.2. The van der Waals surface area contributed by atoms with Crippen LogP contribution in [-0.2, 0) is 21.2 Å². The number of hydrogen-bond donors (Lipinski definition) is 2. The van der Waals surface area contributed by atoms with Gasteiger partial charge in [-0.15, -0.1) is 0 Å². The van der Waals surface area contributed by atoms with Gasteiger partial charge in [0, 0.05) is 32.5 Å². The van der Waals surface area contributed by atoms with Gasteiger partial charge < -0.3 is 14.6 Å². The normalized spacial score (nSPS) is 11.3. The molecule has 8 heteroatoms. The summed E-state index contributed by atoms with van der Waals surface area (Å²) in [6.07, 6.45) is 0.610. The summed E-state index contributed by atoms with van der Waals surface area (Å²) in [4.78, 5) is 14.2. The molecule has 3 rings (SSSR count). The number of furan rings is 1. The Labute approximate surface area is 170 Å². The Bertz CT molecular complexity index is 1110. The first-order chi connectivity index (χ1) is 13.7. The summed E-state index contributed by atoms with van der Waals surface area (Å²) in [5.74, 6) is 1.19. The highest BCUT2D eigenvalue weighted by atomic mass is 32.2. The van der Waals surface area contributed by atoms with Crippen LogP contribution in [0.15, 0.2) is 70.0 Å². The van der Waals surface area contributed by atoms with E-state index in [2.05, 4.69) is 5.32 Å². The van der Waals surface area contributed by atoms with Gasteiger partial charge in [0.25, 0.3) is 0 Å². The number of sulfonamides is 1.